The number of ether oxygens (including phenoxy) is 2. The van der Waals surface area contributed by atoms with Crippen LogP contribution in [0.1, 0.15) is 45.4 Å². The van der Waals surface area contributed by atoms with Crippen LogP contribution >= 0.6 is 0 Å². The first-order valence-corrected chi connectivity index (χ1v) is 13.9. The first kappa shape index (κ1) is 26.9. The smallest absolute Gasteiger partial charge is 0.312 e. The summed E-state index contributed by atoms with van der Waals surface area (Å²) in [7, 11) is 0. The Labute approximate surface area is 223 Å². The number of hydrogen-bond donors (Lipinski definition) is 1. The van der Waals surface area contributed by atoms with Crippen LogP contribution in [-0.2, 0) is 23.9 Å². The van der Waals surface area contributed by atoms with Crippen molar-refractivity contribution < 1.29 is 28.2 Å². The maximum Gasteiger partial charge on any atom is 0.312 e. The average molecular weight is 531 g/mol. The molecule has 4 heterocycles. The summed E-state index contributed by atoms with van der Waals surface area (Å²) in [5, 5.41) is 2.91. The first-order chi connectivity index (χ1) is 18.3. The van der Waals surface area contributed by atoms with Crippen molar-refractivity contribution in [2.24, 2.45) is 5.41 Å². The van der Waals surface area contributed by atoms with Crippen LogP contribution in [0.25, 0.3) is 0 Å². The van der Waals surface area contributed by atoms with E-state index < -0.39 is 11.0 Å². The molecule has 4 saturated heterocycles. The van der Waals surface area contributed by atoms with E-state index in [4.69, 9.17) is 9.47 Å². The maximum absolute atomic E-state index is 13.5. The SMILES string of the molecule is CC(=O)NC1(C(=O)N2CCC3(CC2)C[C@H](CCN2CCN(c4ccc(F)cc4)CC2)OC3=O)CCOCC1. The molecule has 208 valence electrons. The number of likely N-dealkylation sites (tertiary alicyclic amines) is 1. The number of esters is 1. The summed E-state index contributed by atoms with van der Waals surface area (Å²) in [5.74, 6) is -0.624. The molecule has 1 N–H and O–H groups in total. The lowest BCUT2D eigenvalue weighted by Crippen LogP contribution is -2.63. The van der Waals surface area contributed by atoms with E-state index in [1.54, 1.807) is 0 Å². The van der Waals surface area contributed by atoms with Gasteiger partial charge >= 0.3 is 5.97 Å². The van der Waals surface area contributed by atoms with E-state index in [0.29, 0.717) is 58.4 Å². The zero-order valence-corrected chi connectivity index (χ0v) is 22.3. The van der Waals surface area contributed by atoms with E-state index in [1.807, 2.05) is 17.0 Å². The summed E-state index contributed by atoms with van der Waals surface area (Å²) in [6, 6.07) is 6.64. The van der Waals surface area contributed by atoms with Crippen LogP contribution in [0.4, 0.5) is 10.1 Å². The maximum atomic E-state index is 13.5. The molecule has 2 amide bonds. The van der Waals surface area contributed by atoms with Gasteiger partial charge in [0.05, 0.1) is 5.41 Å². The highest BCUT2D eigenvalue weighted by Crippen LogP contribution is 2.44. The highest BCUT2D eigenvalue weighted by Gasteiger charge is 2.52. The van der Waals surface area contributed by atoms with Gasteiger partial charge in [0.25, 0.3) is 0 Å². The van der Waals surface area contributed by atoms with Gasteiger partial charge in [0.2, 0.25) is 11.8 Å². The van der Waals surface area contributed by atoms with E-state index in [-0.39, 0.29) is 29.7 Å². The fourth-order valence-corrected chi connectivity index (χ4v) is 6.50. The fourth-order valence-electron chi connectivity index (χ4n) is 6.50. The van der Waals surface area contributed by atoms with Crippen LogP contribution in [0, 0.1) is 11.2 Å². The number of halogens is 1. The molecule has 38 heavy (non-hydrogen) atoms. The highest BCUT2D eigenvalue weighted by molar-refractivity contribution is 5.91. The Bertz CT molecular complexity index is 1010. The van der Waals surface area contributed by atoms with Crippen LogP contribution in [0.2, 0.25) is 0 Å². The van der Waals surface area contributed by atoms with Crippen molar-refractivity contribution >= 4 is 23.5 Å². The van der Waals surface area contributed by atoms with Crippen molar-refractivity contribution in [3.8, 4) is 0 Å². The molecule has 0 saturated carbocycles. The van der Waals surface area contributed by atoms with Crippen molar-refractivity contribution in [1.82, 2.24) is 15.1 Å². The molecule has 9 nitrogen and oxygen atoms in total. The third-order valence-corrected chi connectivity index (χ3v) is 8.84. The number of cyclic esters (lactones) is 1. The van der Waals surface area contributed by atoms with Crippen LogP contribution < -0.4 is 10.2 Å². The molecular weight excluding hydrogens is 491 g/mol. The summed E-state index contributed by atoms with van der Waals surface area (Å²) >= 11 is 0. The normalized spacial score (nSPS) is 25.3. The second-order valence-electron chi connectivity index (χ2n) is 11.3. The molecule has 10 heteroatoms. The summed E-state index contributed by atoms with van der Waals surface area (Å²) < 4.78 is 24.5. The first-order valence-electron chi connectivity index (χ1n) is 13.9. The van der Waals surface area contributed by atoms with Crippen LogP contribution in [0.15, 0.2) is 24.3 Å². The average Bonchev–Trinajstić information content (AvgIpc) is 3.22. The number of carbonyl (C=O) groups is 3. The second kappa shape index (κ2) is 11.2. The molecule has 4 aliphatic heterocycles. The monoisotopic (exact) mass is 530 g/mol. The number of piperidine rings is 1. The number of benzene rings is 1. The van der Waals surface area contributed by atoms with Gasteiger partial charge in [-0.05, 0) is 43.5 Å². The van der Waals surface area contributed by atoms with Crippen molar-refractivity contribution in [1.29, 1.82) is 0 Å². The minimum Gasteiger partial charge on any atom is -0.462 e. The van der Waals surface area contributed by atoms with Gasteiger partial charge in [-0.3, -0.25) is 19.3 Å². The zero-order chi connectivity index (χ0) is 26.8. The molecule has 1 aromatic carbocycles. The Morgan fingerprint density at radius 1 is 1.00 bits per heavy atom. The van der Waals surface area contributed by atoms with Crippen molar-refractivity contribution in [2.75, 3.05) is 63.9 Å². The molecule has 1 aromatic rings. The van der Waals surface area contributed by atoms with Crippen molar-refractivity contribution in [3.63, 3.8) is 0 Å². The van der Waals surface area contributed by atoms with Gasteiger partial charge in [-0.25, -0.2) is 4.39 Å². The predicted molar refractivity (Wildman–Crippen MR) is 139 cm³/mol. The van der Waals surface area contributed by atoms with Gasteiger partial charge in [-0.1, -0.05) is 0 Å². The van der Waals surface area contributed by atoms with E-state index in [9.17, 15) is 18.8 Å². The van der Waals surface area contributed by atoms with Gasteiger partial charge in [0.1, 0.15) is 17.5 Å². The van der Waals surface area contributed by atoms with Gasteiger partial charge in [0.15, 0.2) is 0 Å². The lowest BCUT2D eigenvalue weighted by atomic mass is 9.75. The lowest BCUT2D eigenvalue weighted by molar-refractivity contribution is -0.155. The number of carbonyl (C=O) groups excluding carboxylic acids is 3. The van der Waals surface area contributed by atoms with E-state index in [1.165, 1.54) is 19.1 Å². The molecule has 5 rings (SSSR count). The molecule has 0 unspecified atom stereocenters. The minimum atomic E-state index is -0.909. The topological polar surface area (TPSA) is 91.4 Å². The van der Waals surface area contributed by atoms with Gasteiger partial charge < -0.3 is 24.6 Å². The summed E-state index contributed by atoms with van der Waals surface area (Å²) in [5.41, 5.74) is -0.379. The van der Waals surface area contributed by atoms with E-state index >= 15 is 0 Å². The Morgan fingerprint density at radius 2 is 1.66 bits per heavy atom. The number of amides is 2. The minimum absolute atomic E-state index is 0.0615. The molecule has 4 fully saturated rings. The Hall–Kier alpha value is -2.72. The number of anilines is 1. The van der Waals surface area contributed by atoms with Gasteiger partial charge in [-0.2, -0.15) is 0 Å². The Balaban J connectivity index is 1.09. The summed E-state index contributed by atoms with van der Waals surface area (Å²) in [6.07, 6.45) is 3.53. The highest BCUT2D eigenvalue weighted by atomic mass is 19.1. The number of nitrogens with zero attached hydrogens (tertiary/aromatic N) is 3. The quantitative estimate of drug-likeness (QED) is 0.562. The van der Waals surface area contributed by atoms with E-state index in [0.717, 1.165) is 44.8 Å². The van der Waals surface area contributed by atoms with Gasteiger partial charge in [-0.15, -0.1) is 0 Å². The summed E-state index contributed by atoms with van der Waals surface area (Å²) in [4.78, 5) is 44.8. The third-order valence-electron chi connectivity index (χ3n) is 8.84. The molecule has 1 atom stereocenters. The largest absolute Gasteiger partial charge is 0.462 e. The standard InChI is InChI=1S/C28H39FN4O5/c1-21(34)30-28(9-18-37-19-10-28)25(35)33-12-7-27(8-13-33)20-24(38-26(27)36)6-11-31-14-16-32(17-15-31)23-4-2-22(29)3-5-23/h2-5,24H,6-20H2,1H3,(H,30,34)/t24-/m0/s1. The third kappa shape index (κ3) is 5.66. The van der Waals surface area contributed by atoms with Crippen molar-refractivity contribution in [2.45, 2.75) is 57.1 Å². The lowest BCUT2D eigenvalue weighted by Gasteiger charge is -2.43. The zero-order valence-electron chi connectivity index (χ0n) is 22.3. The molecule has 0 aliphatic carbocycles. The number of rotatable bonds is 6. The number of hydrogen-bond acceptors (Lipinski definition) is 7. The van der Waals surface area contributed by atoms with Crippen LogP contribution in [0.5, 0.6) is 0 Å². The van der Waals surface area contributed by atoms with Crippen LogP contribution in [-0.4, -0.2) is 98.3 Å². The van der Waals surface area contributed by atoms with Gasteiger partial charge in [0, 0.05) is 90.9 Å². The molecule has 0 aromatic heterocycles. The number of nitrogens with one attached hydrogen (secondary N) is 1. The number of piperazine rings is 1. The molecule has 0 radical (unpaired) electrons. The Kier molecular flexibility index (Phi) is 7.90. The fraction of sp³-hybridized carbons (Fsp3) is 0.679. The van der Waals surface area contributed by atoms with E-state index in [2.05, 4.69) is 15.1 Å². The molecule has 0 bridgehead atoms. The molecule has 4 aliphatic rings. The Morgan fingerprint density at radius 3 is 2.29 bits per heavy atom. The molecule has 1 spiro atoms. The summed E-state index contributed by atoms with van der Waals surface area (Å²) in [6.45, 7) is 7.79. The van der Waals surface area contributed by atoms with Crippen molar-refractivity contribution in [3.05, 3.63) is 30.1 Å². The second-order valence-corrected chi connectivity index (χ2v) is 11.3. The predicted octanol–water partition coefficient (Wildman–Crippen LogP) is 1.95. The molecular formula is C28H39FN4O5. The van der Waals surface area contributed by atoms with Crippen LogP contribution in [0.3, 0.4) is 0 Å².